The molecule has 0 aliphatic heterocycles. The van der Waals surface area contributed by atoms with E-state index in [1.54, 1.807) is 0 Å². The standard InChI is InChI=1S/C12H15FN2O3/c1-2-4-9(12(17)18)15-8-6-3-5-7(13)10(8)11(14)16/h3,5-6,9,15H,2,4H2,1H3,(H2,14,16)(H,17,18). The Hall–Kier alpha value is -2.11. The van der Waals surface area contributed by atoms with Gasteiger partial charge in [-0.15, -0.1) is 0 Å². The lowest BCUT2D eigenvalue weighted by Crippen LogP contribution is -2.30. The van der Waals surface area contributed by atoms with Gasteiger partial charge in [0.25, 0.3) is 5.91 Å². The average Bonchev–Trinajstić information content (AvgIpc) is 2.27. The number of nitrogens with two attached hydrogens (primary N) is 1. The molecule has 0 saturated heterocycles. The Morgan fingerprint density at radius 2 is 2.17 bits per heavy atom. The molecule has 0 spiro atoms. The highest BCUT2D eigenvalue weighted by molar-refractivity contribution is 5.99. The van der Waals surface area contributed by atoms with E-state index in [0.29, 0.717) is 12.8 Å². The monoisotopic (exact) mass is 254 g/mol. The quantitative estimate of drug-likeness (QED) is 0.718. The van der Waals surface area contributed by atoms with E-state index in [1.165, 1.54) is 12.1 Å². The van der Waals surface area contributed by atoms with E-state index in [1.807, 2.05) is 6.92 Å². The van der Waals surface area contributed by atoms with Crippen LogP contribution in [0, 0.1) is 5.82 Å². The average molecular weight is 254 g/mol. The van der Waals surface area contributed by atoms with Gasteiger partial charge in [0.1, 0.15) is 11.9 Å². The molecule has 0 aliphatic carbocycles. The minimum absolute atomic E-state index is 0.100. The molecule has 0 saturated carbocycles. The van der Waals surface area contributed by atoms with E-state index in [2.05, 4.69) is 5.32 Å². The number of nitrogens with one attached hydrogen (secondary N) is 1. The maximum absolute atomic E-state index is 13.4. The predicted molar refractivity (Wildman–Crippen MR) is 64.9 cm³/mol. The summed E-state index contributed by atoms with van der Waals surface area (Å²) in [7, 11) is 0. The zero-order valence-electron chi connectivity index (χ0n) is 9.94. The van der Waals surface area contributed by atoms with Crippen LogP contribution in [0.4, 0.5) is 10.1 Å². The zero-order valence-corrected chi connectivity index (χ0v) is 9.94. The maximum Gasteiger partial charge on any atom is 0.326 e. The number of hydrogen-bond acceptors (Lipinski definition) is 3. The number of primary amides is 1. The van der Waals surface area contributed by atoms with E-state index >= 15 is 0 Å². The van der Waals surface area contributed by atoms with Crippen molar-refractivity contribution in [2.45, 2.75) is 25.8 Å². The molecule has 0 bridgehead atoms. The number of carbonyl (C=O) groups excluding carboxylic acids is 1. The van der Waals surface area contributed by atoms with Crippen molar-refractivity contribution in [3.63, 3.8) is 0 Å². The number of amides is 1. The molecule has 1 amide bonds. The van der Waals surface area contributed by atoms with Crippen molar-refractivity contribution in [1.29, 1.82) is 0 Å². The lowest BCUT2D eigenvalue weighted by atomic mass is 10.1. The van der Waals surface area contributed by atoms with Gasteiger partial charge < -0.3 is 16.2 Å². The van der Waals surface area contributed by atoms with Gasteiger partial charge in [0, 0.05) is 0 Å². The Bertz CT molecular complexity index is 463. The Morgan fingerprint density at radius 3 is 2.67 bits per heavy atom. The molecule has 18 heavy (non-hydrogen) atoms. The Kier molecular flexibility index (Phi) is 4.65. The molecule has 0 aromatic heterocycles. The van der Waals surface area contributed by atoms with Gasteiger partial charge in [-0.25, -0.2) is 9.18 Å². The third-order valence-corrected chi connectivity index (χ3v) is 2.47. The summed E-state index contributed by atoms with van der Waals surface area (Å²) < 4.78 is 13.4. The number of carboxylic acid groups (broad SMARTS) is 1. The first-order valence-corrected chi connectivity index (χ1v) is 5.55. The lowest BCUT2D eigenvalue weighted by molar-refractivity contribution is -0.138. The SMILES string of the molecule is CCCC(Nc1cccc(F)c1C(N)=O)C(=O)O. The second-order valence-electron chi connectivity index (χ2n) is 3.85. The molecule has 1 aromatic carbocycles. The van der Waals surface area contributed by atoms with Crippen LogP contribution in [0.2, 0.25) is 0 Å². The summed E-state index contributed by atoms with van der Waals surface area (Å²) in [6.07, 6.45) is 1.01. The normalized spacial score (nSPS) is 11.9. The molecule has 98 valence electrons. The highest BCUT2D eigenvalue weighted by Crippen LogP contribution is 2.20. The van der Waals surface area contributed by atoms with Crippen molar-refractivity contribution in [2.75, 3.05) is 5.32 Å². The molecule has 0 heterocycles. The molecule has 4 N–H and O–H groups in total. The van der Waals surface area contributed by atoms with E-state index in [-0.39, 0.29) is 11.3 Å². The van der Waals surface area contributed by atoms with E-state index in [4.69, 9.17) is 10.8 Å². The number of carbonyl (C=O) groups is 2. The van der Waals surface area contributed by atoms with E-state index in [0.717, 1.165) is 6.07 Å². The van der Waals surface area contributed by atoms with Crippen LogP contribution in [0.15, 0.2) is 18.2 Å². The molecular formula is C12H15FN2O3. The summed E-state index contributed by atoms with van der Waals surface area (Å²) in [5, 5.41) is 11.6. The minimum atomic E-state index is -1.06. The van der Waals surface area contributed by atoms with Gasteiger partial charge in [0.2, 0.25) is 0 Å². The second-order valence-corrected chi connectivity index (χ2v) is 3.85. The maximum atomic E-state index is 13.4. The highest BCUT2D eigenvalue weighted by Gasteiger charge is 2.20. The Morgan fingerprint density at radius 1 is 1.50 bits per heavy atom. The van der Waals surface area contributed by atoms with Crippen LogP contribution in [-0.2, 0) is 4.79 Å². The van der Waals surface area contributed by atoms with Crippen LogP contribution < -0.4 is 11.1 Å². The number of carboxylic acids is 1. The number of hydrogen-bond donors (Lipinski definition) is 3. The molecule has 0 radical (unpaired) electrons. The zero-order chi connectivity index (χ0) is 13.7. The van der Waals surface area contributed by atoms with Crippen molar-refractivity contribution in [1.82, 2.24) is 0 Å². The van der Waals surface area contributed by atoms with Crippen LogP contribution >= 0.6 is 0 Å². The topological polar surface area (TPSA) is 92.4 Å². The van der Waals surface area contributed by atoms with Crippen molar-refractivity contribution < 1.29 is 19.1 Å². The fraction of sp³-hybridized carbons (Fsp3) is 0.333. The second kappa shape index (κ2) is 6.00. The molecule has 1 unspecified atom stereocenters. The first-order valence-electron chi connectivity index (χ1n) is 5.55. The molecule has 1 atom stereocenters. The first kappa shape index (κ1) is 14.0. The largest absolute Gasteiger partial charge is 0.480 e. The van der Waals surface area contributed by atoms with E-state index in [9.17, 15) is 14.0 Å². The van der Waals surface area contributed by atoms with Crippen LogP contribution in [0.5, 0.6) is 0 Å². The first-order chi connectivity index (χ1) is 8.47. The van der Waals surface area contributed by atoms with Gasteiger partial charge in [-0.2, -0.15) is 0 Å². The van der Waals surface area contributed by atoms with Crippen molar-refractivity contribution in [2.24, 2.45) is 5.73 Å². The number of halogens is 1. The molecule has 6 heteroatoms. The Labute approximate surface area is 104 Å². The fourth-order valence-corrected chi connectivity index (χ4v) is 1.63. The summed E-state index contributed by atoms with van der Waals surface area (Å²) in [6, 6.07) is 3.03. The van der Waals surface area contributed by atoms with Crippen LogP contribution in [0.1, 0.15) is 30.1 Å². The van der Waals surface area contributed by atoms with Gasteiger partial charge >= 0.3 is 5.97 Å². The Balaban J connectivity index is 3.06. The summed E-state index contributed by atoms with van der Waals surface area (Å²) in [4.78, 5) is 22.1. The third-order valence-electron chi connectivity index (χ3n) is 2.47. The summed E-state index contributed by atoms with van der Waals surface area (Å²) in [6.45, 7) is 1.83. The number of aliphatic carboxylic acids is 1. The van der Waals surface area contributed by atoms with Crippen molar-refractivity contribution in [3.05, 3.63) is 29.6 Å². The van der Waals surface area contributed by atoms with Gasteiger partial charge in [0.15, 0.2) is 0 Å². The molecule has 0 fully saturated rings. The van der Waals surface area contributed by atoms with Gasteiger partial charge in [-0.05, 0) is 18.6 Å². The van der Waals surface area contributed by atoms with Gasteiger partial charge in [0.05, 0.1) is 11.3 Å². The van der Waals surface area contributed by atoms with Crippen LogP contribution in [0.25, 0.3) is 0 Å². The summed E-state index contributed by atoms with van der Waals surface area (Å²) in [5.74, 6) is -2.76. The third kappa shape index (κ3) is 3.19. The molecule has 1 aromatic rings. The number of rotatable bonds is 6. The minimum Gasteiger partial charge on any atom is -0.480 e. The van der Waals surface area contributed by atoms with Crippen LogP contribution in [0.3, 0.4) is 0 Å². The highest BCUT2D eigenvalue weighted by atomic mass is 19.1. The predicted octanol–water partition coefficient (Wildman–Crippen LogP) is 1.59. The van der Waals surface area contributed by atoms with Gasteiger partial charge in [-0.3, -0.25) is 4.79 Å². The van der Waals surface area contributed by atoms with Crippen LogP contribution in [-0.4, -0.2) is 23.0 Å². The fourth-order valence-electron chi connectivity index (χ4n) is 1.63. The van der Waals surface area contributed by atoms with Crippen molar-refractivity contribution >= 4 is 17.6 Å². The van der Waals surface area contributed by atoms with Gasteiger partial charge in [-0.1, -0.05) is 19.4 Å². The summed E-state index contributed by atoms with van der Waals surface area (Å²) >= 11 is 0. The summed E-state index contributed by atoms with van der Waals surface area (Å²) in [5.41, 5.74) is 4.86. The lowest BCUT2D eigenvalue weighted by Gasteiger charge is -2.17. The molecule has 5 nitrogen and oxygen atoms in total. The molecule has 1 rings (SSSR count). The smallest absolute Gasteiger partial charge is 0.326 e. The van der Waals surface area contributed by atoms with Crippen molar-refractivity contribution in [3.8, 4) is 0 Å². The number of benzene rings is 1. The molecular weight excluding hydrogens is 239 g/mol. The number of anilines is 1. The van der Waals surface area contributed by atoms with E-state index < -0.39 is 23.7 Å². The molecule has 0 aliphatic rings.